The van der Waals surface area contributed by atoms with Gasteiger partial charge in [0, 0.05) is 22.5 Å². The molecule has 0 bridgehead atoms. The van der Waals surface area contributed by atoms with Gasteiger partial charge in [-0.3, -0.25) is 19.0 Å². The highest BCUT2D eigenvalue weighted by Gasteiger charge is 2.10. The lowest BCUT2D eigenvalue weighted by Crippen LogP contribution is -2.29. The Balaban J connectivity index is 1.55. The molecule has 3 aromatic carbocycles. The summed E-state index contributed by atoms with van der Waals surface area (Å²) in [7, 11) is 0. The van der Waals surface area contributed by atoms with Crippen molar-refractivity contribution in [1.82, 2.24) is 4.72 Å². The highest BCUT2D eigenvalue weighted by molar-refractivity contribution is 7.85. The molecule has 3 N–H and O–H groups in total. The smallest absolute Gasteiger partial charge is 0.264 e. The number of amides is 2. The van der Waals surface area contributed by atoms with Crippen molar-refractivity contribution in [2.75, 3.05) is 10.0 Å². The fraction of sp³-hybridized carbons (Fsp3) is 0.0909. The molecule has 0 radical (unpaired) electrons. The van der Waals surface area contributed by atoms with Crippen LogP contribution in [0.1, 0.15) is 31.8 Å². The van der Waals surface area contributed by atoms with Crippen LogP contribution in [0, 0.1) is 13.8 Å². The number of benzene rings is 3. The van der Waals surface area contributed by atoms with Gasteiger partial charge < -0.3 is 5.32 Å². The van der Waals surface area contributed by atoms with Gasteiger partial charge in [0.05, 0.1) is 0 Å². The summed E-state index contributed by atoms with van der Waals surface area (Å²) in [6.07, 6.45) is 0. The van der Waals surface area contributed by atoms with E-state index in [-0.39, 0.29) is 5.91 Å². The third-order valence-electron chi connectivity index (χ3n) is 4.13. The van der Waals surface area contributed by atoms with Crippen LogP contribution in [0.4, 0.5) is 11.4 Å². The molecule has 0 aromatic heterocycles. The summed E-state index contributed by atoms with van der Waals surface area (Å²) in [6.45, 7) is 3.85. The number of carbonyl (C=O) groups is 2. The number of anilines is 2. The van der Waals surface area contributed by atoms with Gasteiger partial charge in [-0.05, 0) is 62.4 Å². The van der Waals surface area contributed by atoms with E-state index in [1.54, 1.807) is 42.5 Å². The Kier molecular flexibility index (Phi) is 6.41. The Morgan fingerprint density at radius 2 is 1.38 bits per heavy atom. The zero-order valence-corrected chi connectivity index (χ0v) is 16.9. The summed E-state index contributed by atoms with van der Waals surface area (Å²) in [6, 6.07) is 21.0. The largest absolute Gasteiger partial charge is 0.322 e. The molecule has 148 valence electrons. The summed E-state index contributed by atoms with van der Waals surface area (Å²) < 4.78 is 17.2. The second-order valence-electron chi connectivity index (χ2n) is 6.57. The summed E-state index contributed by atoms with van der Waals surface area (Å²) in [5.41, 5.74) is 4.20. The second-order valence-corrected chi connectivity index (χ2v) is 7.51. The van der Waals surface area contributed by atoms with E-state index in [1.165, 1.54) is 0 Å². The molecular formula is C22H21N3O3S. The molecule has 0 saturated heterocycles. The quantitative estimate of drug-likeness (QED) is 0.578. The molecule has 1 atom stereocenters. The van der Waals surface area contributed by atoms with Crippen molar-refractivity contribution in [2.24, 2.45) is 0 Å². The molecule has 2 amide bonds. The zero-order valence-electron chi connectivity index (χ0n) is 16.1. The van der Waals surface area contributed by atoms with Gasteiger partial charge in [-0.15, -0.1) is 0 Å². The van der Waals surface area contributed by atoms with E-state index >= 15 is 0 Å². The van der Waals surface area contributed by atoms with Gasteiger partial charge in [0.25, 0.3) is 11.8 Å². The third-order valence-corrected chi connectivity index (χ3v) is 4.92. The van der Waals surface area contributed by atoms with Gasteiger partial charge in [-0.25, -0.2) is 4.21 Å². The summed E-state index contributed by atoms with van der Waals surface area (Å²) in [4.78, 5) is 24.4. The molecule has 0 heterocycles. The van der Waals surface area contributed by atoms with Gasteiger partial charge in [0.2, 0.25) is 11.2 Å². The Morgan fingerprint density at radius 1 is 0.724 bits per heavy atom. The number of aryl methyl sites for hydroxylation is 2. The van der Waals surface area contributed by atoms with E-state index in [9.17, 15) is 13.8 Å². The molecule has 0 aliphatic heterocycles. The van der Waals surface area contributed by atoms with Crippen LogP contribution in [0.2, 0.25) is 0 Å². The van der Waals surface area contributed by atoms with Gasteiger partial charge >= 0.3 is 0 Å². The lowest BCUT2D eigenvalue weighted by atomic mass is 10.1. The molecule has 0 fully saturated rings. The van der Waals surface area contributed by atoms with Crippen molar-refractivity contribution in [3.63, 3.8) is 0 Å². The maximum absolute atomic E-state index is 12.3. The molecule has 3 rings (SSSR count). The second kappa shape index (κ2) is 9.16. The lowest BCUT2D eigenvalue weighted by molar-refractivity contribution is 0.0981. The van der Waals surface area contributed by atoms with E-state index < -0.39 is 17.1 Å². The number of rotatable bonds is 6. The summed E-state index contributed by atoms with van der Waals surface area (Å²) in [5, 5.41) is 2.81. The monoisotopic (exact) mass is 407 g/mol. The van der Waals surface area contributed by atoms with Crippen LogP contribution < -0.4 is 14.8 Å². The summed E-state index contributed by atoms with van der Waals surface area (Å²) >= 11 is -1.79. The number of carbonyl (C=O) groups excluding carboxylic acids is 2. The maximum atomic E-state index is 12.3. The zero-order chi connectivity index (χ0) is 20.8. The van der Waals surface area contributed by atoms with E-state index in [2.05, 4.69) is 14.8 Å². The molecule has 6 nitrogen and oxygen atoms in total. The van der Waals surface area contributed by atoms with Gasteiger partial charge in [0.1, 0.15) is 0 Å². The SMILES string of the molecule is Cc1ccc(C(=O)NS(=O)Nc2ccc(NC(=O)c3cccc(C)c3)cc2)cc1. The predicted molar refractivity (Wildman–Crippen MR) is 116 cm³/mol. The first-order valence-corrected chi connectivity index (χ1v) is 10.1. The molecule has 0 saturated carbocycles. The van der Waals surface area contributed by atoms with Crippen molar-refractivity contribution >= 4 is 34.4 Å². The van der Waals surface area contributed by atoms with Crippen LogP contribution >= 0.6 is 0 Å². The van der Waals surface area contributed by atoms with Crippen LogP contribution in [-0.2, 0) is 11.2 Å². The Bertz CT molecular complexity index is 1050. The minimum absolute atomic E-state index is 0.205. The molecule has 3 aromatic rings. The average molecular weight is 407 g/mol. The normalized spacial score (nSPS) is 11.4. The van der Waals surface area contributed by atoms with Gasteiger partial charge in [-0.2, -0.15) is 0 Å². The first-order valence-electron chi connectivity index (χ1n) is 8.95. The van der Waals surface area contributed by atoms with E-state index in [0.717, 1.165) is 11.1 Å². The van der Waals surface area contributed by atoms with Crippen molar-refractivity contribution in [3.05, 3.63) is 95.1 Å². The van der Waals surface area contributed by atoms with Crippen LogP contribution in [0.3, 0.4) is 0 Å². The standard InChI is InChI=1S/C22H21N3O3S/c1-15-6-8-17(9-7-15)22(27)25-29(28)24-20-12-10-19(11-13-20)23-21(26)18-5-3-4-16(2)14-18/h3-14,24H,1-2H3,(H,23,26)(H,25,27). The fourth-order valence-electron chi connectivity index (χ4n) is 2.59. The van der Waals surface area contributed by atoms with Crippen molar-refractivity contribution in [3.8, 4) is 0 Å². The van der Waals surface area contributed by atoms with Gasteiger partial charge in [0.15, 0.2) is 0 Å². The molecular weight excluding hydrogens is 386 g/mol. The lowest BCUT2D eigenvalue weighted by Gasteiger charge is -2.09. The number of nitrogens with one attached hydrogen (secondary N) is 3. The average Bonchev–Trinajstić information content (AvgIpc) is 2.70. The van der Waals surface area contributed by atoms with Crippen LogP contribution in [0.5, 0.6) is 0 Å². The van der Waals surface area contributed by atoms with Crippen LogP contribution in [0.15, 0.2) is 72.8 Å². The van der Waals surface area contributed by atoms with Crippen molar-refractivity contribution in [1.29, 1.82) is 0 Å². The minimum Gasteiger partial charge on any atom is -0.322 e. The van der Waals surface area contributed by atoms with Crippen LogP contribution in [-0.4, -0.2) is 16.0 Å². The number of hydrogen-bond acceptors (Lipinski definition) is 3. The topological polar surface area (TPSA) is 87.3 Å². The molecule has 0 aliphatic carbocycles. The first-order chi connectivity index (χ1) is 13.9. The third kappa shape index (κ3) is 5.76. The van der Waals surface area contributed by atoms with E-state index in [1.807, 2.05) is 44.2 Å². The van der Waals surface area contributed by atoms with Crippen LogP contribution in [0.25, 0.3) is 0 Å². The van der Waals surface area contributed by atoms with E-state index in [4.69, 9.17) is 0 Å². The van der Waals surface area contributed by atoms with E-state index in [0.29, 0.717) is 22.5 Å². The Morgan fingerprint density at radius 3 is 2.03 bits per heavy atom. The highest BCUT2D eigenvalue weighted by Crippen LogP contribution is 2.15. The Hall–Kier alpha value is -3.45. The molecule has 29 heavy (non-hydrogen) atoms. The molecule has 1 unspecified atom stereocenters. The first kappa shape index (κ1) is 20.3. The molecule has 0 spiro atoms. The fourth-order valence-corrected chi connectivity index (χ4v) is 3.28. The van der Waals surface area contributed by atoms with Gasteiger partial charge in [-0.1, -0.05) is 35.4 Å². The van der Waals surface area contributed by atoms with Crippen molar-refractivity contribution in [2.45, 2.75) is 13.8 Å². The molecule has 7 heteroatoms. The Labute approximate surface area is 172 Å². The number of hydrogen-bond donors (Lipinski definition) is 3. The van der Waals surface area contributed by atoms with Crippen molar-refractivity contribution < 1.29 is 13.8 Å². The minimum atomic E-state index is -1.79. The highest BCUT2D eigenvalue weighted by atomic mass is 32.2. The predicted octanol–water partition coefficient (Wildman–Crippen LogP) is 3.98. The maximum Gasteiger partial charge on any atom is 0.264 e. The molecule has 0 aliphatic rings. The summed E-state index contributed by atoms with van der Waals surface area (Å²) in [5.74, 6) is -0.638.